The first kappa shape index (κ1) is 22.9. The zero-order chi connectivity index (χ0) is 18.8. The van der Waals surface area contributed by atoms with E-state index < -0.39 is 0 Å². The Kier molecular flexibility index (Phi) is 10.4. The van der Waals surface area contributed by atoms with Crippen LogP contribution in [0.15, 0.2) is 35.6 Å². The van der Waals surface area contributed by atoms with Crippen molar-refractivity contribution in [3.63, 3.8) is 0 Å². The van der Waals surface area contributed by atoms with Crippen LogP contribution in [0.25, 0.3) is 0 Å². The summed E-state index contributed by atoms with van der Waals surface area (Å²) in [5, 5.41) is 10.7. The summed E-state index contributed by atoms with van der Waals surface area (Å²) in [6, 6.07) is 5.71. The van der Waals surface area contributed by atoms with E-state index in [2.05, 4.69) is 20.7 Å². The molecule has 1 heterocycles. The van der Waals surface area contributed by atoms with Crippen molar-refractivity contribution >= 4 is 29.9 Å². The van der Waals surface area contributed by atoms with Crippen molar-refractivity contribution < 1.29 is 14.2 Å². The summed E-state index contributed by atoms with van der Waals surface area (Å²) in [6.45, 7) is 4.78. The number of halogens is 1. The van der Waals surface area contributed by atoms with Gasteiger partial charge in [-0.15, -0.1) is 24.0 Å². The van der Waals surface area contributed by atoms with E-state index in [1.807, 2.05) is 36.0 Å². The molecule has 8 nitrogen and oxygen atoms in total. The number of rotatable bonds is 9. The first-order valence-corrected chi connectivity index (χ1v) is 8.50. The summed E-state index contributed by atoms with van der Waals surface area (Å²) >= 11 is 0. The number of hydrogen-bond acceptors (Lipinski definition) is 5. The van der Waals surface area contributed by atoms with Crippen molar-refractivity contribution in [3.05, 3.63) is 36.2 Å². The predicted molar refractivity (Wildman–Crippen MR) is 117 cm³/mol. The van der Waals surface area contributed by atoms with Crippen molar-refractivity contribution in [2.24, 2.45) is 4.99 Å². The van der Waals surface area contributed by atoms with Gasteiger partial charge in [-0.2, -0.15) is 5.10 Å². The summed E-state index contributed by atoms with van der Waals surface area (Å²) in [5.41, 5.74) is 0.962. The van der Waals surface area contributed by atoms with Crippen LogP contribution < -0.4 is 24.8 Å². The average Bonchev–Trinajstić information content (AvgIpc) is 3.18. The fourth-order valence-corrected chi connectivity index (χ4v) is 2.46. The van der Waals surface area contributed by atoms with Gasteiger partial charge >= 0.3 is 0 Å². The summed E-state index contributed by atoms with van der Waals surface area (Å²) in [5.74, 6) is 2.56. The number of benzene rings is 1. The second-order valence-electron chi connectivity index (χ2n) is 5.42. The lowest BCUT2D eigenvalue weighted by Crippen LogP contribution is -2.38. The molecule has 2 N–H and O–H groups in total. The van der Waals surface area contributed by atoms with Crippen LogP contribution in [0.2, 0.25) is 0 Å². The Labute approximate surface area is 177 Å². The molecule has 0 atom stereocenters. The maximum absolute atomic E-state index is 5.39. The fraction of sp³-hybridized carbons (Fsp3) is 0.444. The van der Waals surface area contributed by atoms with Gasteiger partial charge in [-0.05, 0) is 30.7 Å². The van der Waals surface area contributed by atoms with Crippen molar-refractivity contribution in [2.75, 3.05) is 34.4 Å². The summed E-state index contributed by atoms with van der Waals surface area (Å²) in [7, 11) is 4.79. The molecule has 0 aliphatic carbocycles. The third-order valence-electron chi connectivity index (χ3n) is 3.68. The number of nitrogens with one attached hydrogen (secondary N) is 2. The first-order chi connectivity index (χ1) is 12.7. The van der Waals surface area contributed by atoms with Gasteiger partial charge in [0, 0.05) is 25.5 Å². The Hall–Kier alpha value is -2.17. The van der Waals surface area contributed by atoms with Crippen LogP contribution in [0.3, 0.4) is 0 Å². The van der Waals surface area contributed by atoms with E-state index >= 15 is 0 Å². The van der Waals surface area contributed by atoms with Crippen molar-refractivity contribution in [1.29, 1.82) is 0 Å². The molecule has 0 unspecified atom stereocenters. The van der Waals surface area contributed by atoms with Gasteiger partial charge in [0.15, 0.2) is 17.5 Å². The Balaban J connectivity index is 0.00000364. The van der Waals surface area contributed by atoms with Gasteiger partial charge in [-0.25, -0.2) is 4.99 Å². The van der Waals surface area contributed by atoms with E-state index in [1.165, 1.54) is 0 Å². The maximum Gasteiger partial charge on any atom is 0.203 e. The second kappa shape index (κ2) is 12.3. The molecular weight excluding hydrogens is 461 g/mol. The molecule has 2 aromatic rings. The molecule has 0 spiro atoms. The lowest BCUT2D eigenvalue weighted by Gasteiger charge is -2.14. The van der Waals surface area contributed by atoms with E-state index in [9.17, 15) is 0 Å². The lowest BCUT2D eigenvalue weighted by atomic mass is 10.2. The fourth-order valence-electron chi connectivity index (χ4n) is 2.46. The molecule has 0 aliphatic rings. The van der Waals surface area contributed by atoms with Crippen molar-refractivity contribution in [3.8, 4) is 17.2 Å². The van der Waals surface area contributed by atoms with Crippen LogP contribution in [0.5, 0.6) is 17.2 Å². The molecule has 27 heavy (non-hydrogen) atoms. The molecule has 0 radical (unpaired) electrons. The summed E-state index contributed by atoms with van der Waals surface area (Å²) in [6.07, 6.45) is 3.70. The van der Waals surface area contributed by atoms with Crippen LogP contribution in [-0.2, 0) is 13.1 Å². The maximum atomic E-state index is 5.39. The highest BCUT2D eigenvalue weighted by Gasteiger charge is 2.13. The molecule has 0 bridgehead atoms. The smallest absolute Gasteiger partial charge is 0.203 e. The number of ether oxygens (including phenoxy) is 3. The molecule has 1 aromatic heterocycles. The van der Waals surface area contributed by atoms with E-state index in [-0.39, 0.29) is 24.0 Å². The number of aliphatic imine (C=N–C) groups is 1. The number of hydrogen-bond donors (Lipinski definition) is 2. The Morgan fingerprint density at radius 1 is 1.11 bits per heavy atom. The Bertz CT molecular complexity index is 682. The van der Waals surface area contributed by atoms with Gasteiger partial charge in [0.1, 0.15) is 0 Å². The molecule has 9 heteroatoms. The number of nitrogens with zero attached hydrogens (tertiary/aromatic N) is 3. The zero-order valence-corrected chi connectivity index (χ0v) is 18.5. The quantitative estimate of drug-likeness (QED) is 0.320. The van der Waals surface area contributed by atoms with Crippen molar-refractivity contribution in [1.82, 2.24) is 20.4 Å². The van der Waals surface area contributed by atoms with Crippen LogP contribution in [0, 0.1) is 0 Å². The SMILES string of the molecule is CCNC(=NCc1cc(OC)c(OC)c(OC)c1)NCCn1cccn1.I. The zero-order valence-electron chi connectivity index (χ0n) is 16.2. The van der Waals surface area contributed by atoms with Gasteiger partial charge in [0.2, 0.25) is 5.75 Å². The summed E-state index contributed by atoms with van der Waals surface area (Å²) < 4.78 is 18.0. The van der Waals surface area contributed by atoms with Gasteiger partial charge in [0.05, 0.1) is 34.4 Å². The van der Waals surface area contributed by atoms with Crippen LogP contribution in [0.4, 0.5) is 0 Å². The molecule has 0 saturated heterocycles. The van der Waals surface area contributed by atoms with Crippen molar-refractivity contribution in [2.45, 2.75) is 20.0 Å². The molecule has 150 valence electrons. The molecular formula is C18H28IN5O3. The van der Waals surface area contributed by atoms with E-state index in [0.717, 1.165) is 31.2 Å². The third kappa shape index (κ3) is 6.81. The minimum Gasteiger partial charge on any atom is -0.493 e. The molecule has 0 aliphatic heterocycles. The standard InChI is InChI=1S/C18H27N5O3.HI/c1-5-19-18(20-8-10-23-9-6-7-22-23)21-13-14-11-15(24-2)17(26-4)16(12-14)25-3;/h6-7,9,11-12H,5,8,10,13H2,1-4H3,(H2,19,20,21);1H. The minimum atomic E-state index is 0. The molecule has 2 rings (SSSR count). The van der Waals surface area contributed by atoms with Crippen LogP contribution in [0.1, 0.15) is 12.5 Å². The third-order valence-corrected chi connectivity index (χ3v) is 3.68. The molecule has 1 aromatic carbocycles. The highest BCUT2D eigenvalue weighted by molar-refractivity contribution is 14.0. The average molecular weight is 489 g/mol. The van der Waals surface area contributed by atoms with Gasteiger partial charge in [0.25, 0.3) is 0 Å². The highest BCUT2D eigenvalue weighted by Crippen LogP contribution is 2.38. The molecule has 0 amide bonds. The highest BCUT2D eigenvalue weighted by atomic mass is 127. The predicted octanol–water partition coefficient (Wildman–Crippen LogP) is 2.28. The summed E-state index contributed by atoms with van der Waals surface area (Å²) in [4.78, 5) is 4.62. The largest absolute Gasteiger partial charge is 0.493 e. The Morgan fingerprint density at radius 3 is 2.33 bits per heavy atom. The second-order valence-corrected chi connectivity index (χ2v) is 5.42. The van der Waals surface area contributed by atoms with Gasteiger partial charge < -0.3 is 24.8 Å². The monoisotopic (exact) mass is 489 g/mol. The molecule has 0 fully saturated rings. The minimum absolute atomic E-state index is 0. The van der Waals surface area contributed by atoms with Crippen LogP contribution in [-0.4, -0.2) is 50.2 Å². The van der Waals surface area contributed by atoms with Gasteiger partial charge in [-0.1, -0.05) is 0 Å². The topological polar surface area (TPSA) is 81.9 Å². The lowest BCUT2D eigenvalue weighted by molar-refractivity contribution is 0.324. The van der Waals surface area contributed by atoms with E-state index in [0.29, 0.717) is 23.8 Å². The van der Waals surface area contributed by atoms with E-state index in [1.54, 1.807) is 27.5 Å². The normalized spacial score (nSPS) is 10.7. The number of guanidine groups is 1. The first-order valence-electron chi connectivity index (χ1n) is 8.50. The number of methoxy groups -OCH3 is 3. The van der Waals surface area contributed by atoms with Crippen LogP contribution >= 0.6 is 24.0 Å². The van der Waals surface area contributed by atoms with E-state index in [4.69, 9.17) is 14.2 Å². The van der Waals surface area contributed by atoms with Gasteiger partial charge in [-0.3, -0.25) is 4.68 Å². The Morgan fingerprint density at radius 2 is 1.81 bits per heavy atom. The number of aromatic nitrogens is 2. The molecule has 0 saturated carbocycles.